The molecule has 0 bridgehead atoms. The van der Waals surface area contributed by atoms with E-state index in [4.69, 9.17) is 0 Å². The summed E-state index contributed by atoms with van der Waals surface area (Å²) in [4.78, 5) is 17.6. The number of aromatic nitrogens is 3. The molecule has 0 saturated carbocycles. The predicted octanol–water partition coefficient (Wildman–Crippen LogP) is 5.26. The van der Waals surface area contributed by atoms with Crippen LogP contribution in [-0.2, 0) is 13.5 Å². The number of nitrogens with one attached hydrogen (secondary N) is 2. The summed E-state index contributed by atoms with van der Waals surface area (Å²) in [5.41, 5.74) is 6.38. The maximum Gasteiger partial charge on any atom is 0.264 e. The van der Waals surface area contributed by atoms with Crippen LogP contribution in [0, 0.1) is 6.92 Å². The standard InChI is InChI=1S/C25H25F2N5O/c1-14-7-17(9-19-21(25(33)28-2)12-29-23(14)19)32-6-4-5-15-8-18(16-11-30-31(3)13-16)20(24(26)27)10-22(15)32/h7-13,24,29H,4-6H2,1-3H3,(H,28,33). The van der Waals surface area contributed by atoms with Crippen molar-refractivity contribution >= 4 is 28.2 Å². The van der Waals surface area contributed by atoms with Gasteiger partial charge in [-0.15, -0.1) is 0 Å². The lowest BCUT2D eigenvalue weighted by molar-refractivity contribution is 0.0964. The molecule has 4 aromatic rings. The summed E-state index contributed by atoms with van der Waals surface area (Å²) in [5, 5.41) is 7.65. The number of aryl methyl sites for hydroxylation is 3. The quantitative estimate of drug-likeness (QED) is 0.447. The fraction of sp³-hybridized carbons (Fsp3) is 0.280. The third kappa shape index (κ3) is 3.55. The zero-order valence-electron chi connectivity index (χ0n) is 18.7. The van der Waals surface area contributed by atoms with Crippen molar-refractivity contribution < 1.29 is 13.6 Å². The molecule has 0 unspecified atom stereocenters. The predicted molar refractivity (Wildman–Crippen MR) is 125 cm³/mol. The number of carbonyl (C=O) groups is 1. The van der Waals surface area contributed by atoms with Gasteiger partial charge in [0.2, 0.25) is 0 Å². The second kappa shape index (κ2) is 8.03. The smallest absolute Gasteiger partial charge is 0.264 e. The molecule has 2 aromatic heterocycles. The number of nitrogens with zero attached hydrogens (tertiary/aromatic N) is 3. The summed E-state index contributed by atoms with van der Waals surface area (Å²) < 4.78 is 29.9. The summed E-state index contributed by atoms with van der Waals surface area (Å²) in [6.45, 7) is 2.70. The molecule has 0 spiro atoms. The molecule has 8 heteroatoms. The normalized spacial score (nSPS) is 13.6. The molecule has 0 radical (unpaired) electrons. The van der Waals surface area contributed by atoms with Crippen molar-refractivity contribution in [1.82, 2.24) is 20.1 Å². The zero-order valence-corrected chi connectivity index (χ0v) is 18.7. The van der Waals surface area contributed by atoms with Gasteiger partial charge in [0, 0.05) is 66.4 Å². The Morgan fingerprint density at radius 1 is 1.24 bits per heavy atom. The number of alkyl halides is 2. The van der Waals surface area contributed by atoms with Gasteiger partial charge < -0.3 is 15.2 Å². The molecule has 5 rings (SSSR count). The second-order valence-electron chi connectivity index (χ2n) is 8.49. The third-order valence-electron chi connectivity index (χ3n) is 6.38. The van der Waals surface area contributed by atoms with E-state index in [1.165, 1.54) is 0 Å². The maximum atomic E-state index is 14.1. The number of halogens is 2. The lowest BCUT2D eigenvalue weighted by atomic mass is 9.92. The summed E-state index contributed by atoms with van der Waals surface area (Å²) >= 11 is 0. The Morgan fingerprint density at radius 2 is 2.06 bits per heavy atom. The number of amides is 1. The van der Waals surface area contributed by atoms with E-state index in [1.54, 1.807) is 43.4 Å². The number of carbonyl (C=O) groups excluding carboxylic acids is 1. The van der Waals surface area contributed by atoms with Crippen molar-refractivity contribution in [3.05, 3.63) is 65.1 Å². The minimum atomic E-state index is -2.61. The summed E-state index contributed by atoms with van der Waals surface area (Å²) in [6, 6.07) is 7.52. The summed E-state index contributed by atoms with van der Waals surface area (Å²) in [5.74, 6) is -0.169. The number of H-pyrrole nitrogens is 1. The van der Waals surface area contributed by atoms with Crippen molar-refractivity contribution in [3.63, 3.8) is 0 Å². The fourth-order valence-corrected chi connectivity index (χ4v) is 4.78. The molecule has 33 heavy (non-hydrogen) atoms. The molecule has 1 aliphatic heterocycles. The fourth-order valence-electron chi connectivity index (χ4n) is 4.78. The molecule has 2 aromatic carbocycles. The van der Waals surface area contributed by atoms with Crippen LogP contribution >= 0.6 is 0 Å². The number of hydrogen-bond acceptors (Lipinski definition) is 3. The largest absolute Gasteiger partial charge is 0.360 e. The van der Waals surface area contributed by atoms with E-state index >= 15 is 0 Å². The van der Waals surface area contributed by atoms with Gasteiger partial charge in [0.1, 0.15) is 0 Å². The Labute approximate surface area is 190 Å². The van der Waals surface area contributed by atoms with Gasteiger partial charge in [-0.25, -0.2) is 8.78 Å². The number of anilines is 2. The Kier molecular flexibility index (Phi) is 5.15. The first kappa shape index (κ1) is 21.2. The summed E-state index contributed by atoms with van der Waals surface area (Å²) in [7, 11) is 3.38. The van der Waals surface area contributed by atoms with Crippen molar-refractivity contribution in [1.29, 1.82) is 0 Å². The average molecular weight is 450 g/mol. The number of benzene rings is 2. The van der Waals surface area contributed by atoms with E-state index in [2.05, 4.69) is 20.3 Å². The van der Waals surface area contributed by atoms with E-state index in [-0.39, 0.29) is 11.5 Å². The molecule has 170 valence electrons. The van der Waals surface area contributed by atoms with Gasteiger partial charge in [0.25, 0.3) is 12.3 Å². The lowest BCUT2D eigenvalue weighted by Crippen LogP contribution is -2.25. The molecule has 1 aliphatic rings. The molecular weight excluding hydrogens is 424 g/mol. The average Bonchev–Trinajstić information content (AvgIpc) is 3.43. The van der Waals surface area contributed by atoms with Crippen LogP contribution in [0.3, 0.4) is 0 Å². The Morgan fingerprint density at radius 3 is 2.76 bits per heavy atom. The van der Waals surface area contributed by atoms with Gasteiger partial charge >= 0.3 is 0 Å². The van der Waals surface area contributed by atoms with Crippen LogP contribution in [0.5, 0.6) is 0 Å². The number of rotatable bonds is 4. The third-order valence-corrected chi connectivity index (χ3v) is 6.38. The van der Waals surface area contributed by atoms with Gasteiger partial charge in [-0.05, 0) is 60.7 Å². The Bertz CT molecular complexity index is 1370. The van der Waals surface area contributed by atoms with E-state index in [0.29, 0.717) is 23.2 Å². The van der Waals surface area contributed by atoms with Gasteiger partial charge in [-0.3, -0.25) is 9.48 Å². The first-order valence-corrected chi connectivity index (χ1v) is 10.9. The zero-order chi connectivity index (χ0) is 23.3. The van der Waals surface area contributed by atoms with Crippen LogP contribution in [0.1, 0.15) is 39.9 Å². The lowest BCUT2D eigenvalue weighted by Gasteiger charge is -2.33. The van der Waals surface area contributed by atoms with Gasteiger partial charge in [-0.1, -0.05) is 0 Å². The van der Waals surface area contributed by atoms with Crippen LogP contribution in [0.4, 0.5) is 20.2 Å². The van der Waals surface area contributed by atoms with Crippen molar-refractivity contribution in [2.24, 2.45) is 7.05 Å². The molecule has 0 aliphatic carbocycles. The molecule has 2 N–H and O–H groups in total. The van der Waals surface area contributed by atoms with E-state index in [0.717, 1.165) is 46.2 Å². The number of hydrogen-bond donors (Lipinski definition) is 2. The highest BCUT2D eigenvalue weighted by Gasteiger charge is 2.25. The minimum absolute atomic E-state index is 0.000792. The highest BCUT2D eigenvalue weighted by Crippen LogP contribution is 2.42. The van der Waals surface area contributed by atoms with Crippen LogP contribution in [0.25, 0.3) is 22.0 Å². The van der Waals surface area contributed by atoms with Crippen molar-refractivity contribution in [3.8, 4) is 11.1 Å². The molecule has 0 saturated heterocycles. The molecule has 0 fully saturated rings. The van der Waals surface area contributed by atoms with E-state index < -0.39 is 6.43 Å². The van der Waals surface area contributed by atoms with Crippen LogP contribution < -0.4 is 10.2 Å². The van der Waals surface area contributed by atoms with Gasteiger partial charge in [0.15, 0.2) is 0 Å². The highest BCUT2D eigenvalue weighted by molar-refractivity contribution is 6.08. The first-order valence-electron chi connectivity index (χ1n) is 10.9. The van der Waals surface area contributed by atoms with Crippen LogP contribution in [-0.4, -0.2) is 34.3 Å². The van der Waals surface area contributed by atoms with Crippen LogP contribution in [0.2, 0.25) is 0 Å². The summed E-state index contributed by atoms with van der Waals surface area (Å²) in [6.07, 6.45) is 4.20. The topological polar surface area (TPSA) is 66.0 Å². The Hall–Kier alpha value is -3.68. The van der Waals surface area contributed by atoms with E-state index in [9.17, 15) is 13.6 Å². The highest BCUT2D eigenvalue weighted by atomic mass is 19.3. The number of aromatic amines is 1. The Balaban J connectivity index is 1.66. The first-order chi connectivity index (χ1) is 15.9. The van der Waals surface area contributed by atoms with Crippen molar-refractivity contribution in [2.45, 2.75) is 26.2 Å². The second-order valence-corrected chi connectivity index (χ2v) is 8.49. The molecule has 1 amide bonds. The molecule has 3 heterocycles. The SMILES string of the molecule is CNC(=O)c1c[nH]c2c(C)cc(N3CCCc4cc(-c5cnn(C)c5)c(C(F)F)cc43)cc12. The monoisotopic (exact) mass is 449 g/mol. The maximum absolute atomic E-state index is 14.1. The molecular formula is C25H25F2N5O. The minimum Gasteiger partial charge on any atom is -0.360 e. The van der Waals surface area contributed by atoms with E-state index in [1.807, 2.05) is 25.1 Å². The molecule has 6 nitrogen and oxygen atoms in total. The van der Waals surface area contributed by atoms with Gasteiger partial charge in [0.05, 0.1) is 11.8 Å². The van der Waals surface area contributed by atoms with Crippen molar-refractivity contribution in [2.75, 3.05) is 18.5 Å². The number of fused-ring (bicyclic) bond motifs is 2. The van der Waals surface area contributed by atoms with Crippen LogP contribution in [0.15, 0.2) is 42.9 Å². The van der Waals surface area contributed by atoms with Gasteiger partial charge in [-0.2, -0.15) is 5.10 Å². The molecule has 0 atom stereocenters.